The summed E-state index contributed by atoms with van der Waals surface area (Å²) >= 11 is 0. The molecule has 2 heterocycles. The van der Waals surface area contributed by atoms with Crippen molar-refractivity contribution in [2.75, 3.05) is 34.0 Å². The molecule has 2 atom stereocenters. The van der Waals surface area contributed by atoms with Gasteiger partial charge < -0.3 is 23.9 Å². The van der Waals surface area contributed by atoms with Crippen molar-refractivity contribution in [3.8, 4) is 11.5 Å². The Balaban J connectivity index is 1.92. The minimum atomic E-state index is -0.299. The molecule has 0 spiro atoms. The van der Waals surface area contributed by atoms with Crippen LogP contribution in [0, 0.1) is 6.92 Å². The third-order valence-corrected chi connectivity index (χ3v) is 4.91. The van der Waals surface area contributed by atoms with Gasteiger partial charge in [0.15, 0.2) is 11.5 Å². The van der Waals surface area contributed by atoms with Gasteiger partial charge in [0.2, 0.25) is 0 Å². The molecule has 2 aromatic rings. The minimum Gasteiger partial charge on any atom is -0.493 e. The lowest BCUT2D eigenvalue weighted by molar-refractivity contribution is -0.0963. The van der Waals surface area contributed by atoms with Crippen LogP contribution in [0.15, 0.2) is 24.4 Å². The molecule has 1 saturated heterocycles. The van der Waals surface area contributed by atoms with Gasteiger partial charge in [0.1, 0.15) is 11.9 Å². The number of aromatic nitrogens is 2. The number of hydrogen-bond donors (Lipinski definition) is 1. The predicted octanol–water partition coefficient (Wildman–Crippen LogP) is 1.68. The SMILES string of the molecule is COc1ccc([C@H]2[C@H](CO)OCCN2Cc2cn(C)c(C)n2)cc1OC. The molecule has 0 amide bonds. The van der Waals surface area contributed by atoms with Gasteiger partial charge in [-0.05, 0) is 24.6 Å². The lowest BCUT2D eigenvalue weighted by Crippen LogP contribution is -2.46. The Hall–Kier alpha value is -2.09. The zero-order valence-corrected chi connectivity index (χ0v) is 15.8. The van der Waals surface area contributed by atoms with Gasteiger partial charge >= 0.3 is 0 Å². The van der Waals surface area contributed by atoms with E-state index >= 15 is 0 Å². The van der Waals surface area contributed by atoms with Crippen LogP contribution < -0.4 is 9.47 Å². The molecule has 26 heavy (non-hydrogen) atoms. The van der Waals surface area contributed by atoms with Crippen LogP contribution in [0.5, 0.6) is 11.5 Å². The molecule has 0 radical (unpaired) electrons. The van der Waals surface area contributed by atoms with Crippen LogP contribution in [-0.4, -0.2) is 59.6 Å². The molecule has 1 aromatic carbocycles. The lowest BCUT2D eigenvalue weighted by Gasteiger charge is -2.40. The fraction of sp³-hybridized carbons (Fsp3) is 0.526. The molecule has 0 saturated carbocycles. The molecule has 1 N–H and O–H groups in total. The minimum absolute atomic E-state index is 0.0449. The van der Waals surface area contributed by atoms with Gasteiger partial charge in [0.05, 0.1) is 39.2 Å². The molecular formula is C19H27N3O4. The monoisotopic (exact) mass is 361 g/mol. The second kappa shape index (κ2) is 8.07. The van der Waals surface area contributed by atoms with E-state index in [4.69, 9.17) is 14.2 Å². The van der Waals surface area contributed by atoms with Crippen molar-refractivity contribution in [3.05, 3.63) is 41.5 Å². The highest BCUT2D eigenvalue weighted by Crippen LogP contribution is 2.36. The number of morpholine rings is 1. The maximum atomic E-state index is 9.85. The molecule has 142 valence electrons. The Bertz CT molecular complexity index is 727. The van der Waals surface area contributed by atoms with Crippen molar-refractivity contribution in [2.45, 2.75) is 25.6 Å². The highest BCUT2D eigenvalue weighted by Gasteiger charge is 2.34. The molecule has 0 bridgehead atoms. The van der Waals surface area contributed by atoms with Crippen LogP contribution in [-0.2, 0) is 18.3 Å². The second-order valence-corrected chi connectivity index (χ2v) is 6.51. The third-order valence-electron chi connectivity index (χ3n) is 4.91. The van der Waals surface area contributed by atoms with Gasteiger partial charge in [0, 0.05) is 26.3 Å². The van der Waals surface area contributed by atoms with E-state index in [1.54, 1.807) is 14.2 Å². The molecule has 7 nitrogen and oxygen atoms in total. The molecule has 7 heteroatoms. The summed E-state index contributed by atoms with van der Waals surface area (Å²) in [6.45, 7) is 3.99. The Labute approximate surface area is 154 Å². The normalized spacial score (nSPS) is 21.0. The smallest absolute Gasteiger partial charge is 0.161 e. The number of aliphatic hydroxyl groups excluding tert-OH is 1. The number of hydrogen-bond acceptors (Lipinski definition) is 6. The summed E-state index contributed by atoms with van der Waals surface area (Å²) in [4.78, 5) is 6.92. The first-order chi connectivity index (χ1) is 12.6. The van der Waals surface area contributed by atoms with Crippen molar-refractivity contribution in [3.63, 3.8) is 0 Å². The van der Waals surface area contributed by atoms with E-state index in [-0.39, 0.29) is 18.8 Å². The maximum Gasteiger partial charge on any atom is 0.161 e. The average molecular weight is 361 g/mol. The summed E-state index contributed by atoms with van der Waals surface area (Å²) in [5, 5.41) is 9.85. The molecule has 1 aliphatic heterocycles. The van der Waals surface area contributed by atoms with Gasteiger partial charge in [-0.15, -0.1) is 0 Å². The summed E-state index contributed by atoms with van der Waals surface area (Å²) in [6, 6.07) is 5.76. The highest BCUT2D eigenvalue weighted by atomic mass is 16.5. The first-order valence-corrected chi connectivity index (χ1v) is 8.74. The number of aliphatic hydroxyl groups is 1. The summed E-state index contributed by atoms with van der Waals surface area (Å²) in [6.07, 6.45) is 1.75. The van der Waals surface area contributed by atoms with Gasteiger partial charge in [-0.1, -0.05) is 6.07 Å². The Morgan fingerprint density at radius 2 is 2.04 bits per heavy atom. The molecule has 0 unspecified atom stereocenters. The van der Waals surface area contributed by atoms with Crippen LogP contribution in [0.4, 0.5) is 0 Å². The van der Waals surface area contributed by atoms with Crippen LogP contribution in [0.25, 0.3) is 0 Å². The Morgan fingerprint density at radius 3 is 2.65 bits per heavy atom. The predicted molar refractivity (Wildman–Crippen MR) is 97.5 cm³/mol. The van der Waals surface area contributed by atoms with E-state index in [1.807, 2.05) is 42.9 Å². The number of rotatable bonds is 6. The number of methoxy groups -OCH3 is 2. The van der Waals surface area contributed by atoms with E-state index in [2.05, 4.69) is 9.88 Å². The van der Waals surface area contributed by atoms with Crippen molar-refractivity contribution in [1.82, 2.24) is 14.5 Å². The zero-order valence-electron chi connectivity index (χ0n) is 15.8. The van der Waals surface area contributed by atoms with Gasteiger partial charge in [-0.3, -0.25) is 4.90 Å². The van der Waals surface area contributed by atoms with Crippen LogP contribution in [0.2, 0.25) is 0 Å². The van der Waals surface area contributed by atoms with Crippen LogP contribution in [0.1, 0.15) is 23.1 Å². The topological polar surface area (TPSA) is 69.0 Å². The van der Waals surface area contributed by atoms with E-state index in [0.29, 0.717) is 24.7 Å². The molecule has 0 aliphatic carbocycles. The number of benzene rings is 1. The van der Waals surface area contributed by atoms with Crippen molar-refractivity contribution >= 4 is 0 Å². The molecular weight excluding hydrogens is 334 g/mol. The molecule has 1 aromatic heterocycles. The Kier molecular flexibility index (Phi) is 5.80. The summed E-state index contributed by atoms with van der Waals surface area (Å²) in [5.41, 5.74) is 2.03. The van der Waals surface area contributed by atoms with Gasteiger partial charge in [0.25, 0.3) is 0 Å². The van der Waals surface area contributed by atoms with Crippen molar-refractivity contribution in [1.29, 1.82) is 0 Å². The van der Waals surface area contributed by atoms with Crippen molar-refractivity contribution in [2.24, 2.45) is 7.05 Å². The lowest BCUT2D eigenvalue weighted by atomic mass is 9.97. The quantitative estimate of drug-likeness (QED) is 0.844. The van der Waals surface area contributed by atoms with Crippen LogP contribution >= 0.6 is 0 Å². The highest BCUT2D eigenvalue weighted by molar-refractivity contribution is 5.44. The largest absolute Gasteiger partial charge is 0.493 e. The summed E-state index contributed by atoms with van der Waals surface area (Å²) < 4.78 is 18.6. The number of aryl methyl sites for hydroxylation is 2. The van der Waals surface area contributed by atoms with Crippen LogP contribution in [0.3, 0.4) is 0 Å². The van der Waals surface area contributed by atoms with Gasteiger partial charge in [-0.25, -0.2) is 4.98 Å². The third kappa shape index (κ3) is 3.70. The number of ether oxygens (including phenoxy) is 3. The first kappa shape index (κ1) is 18.7. The van der Waals surface area contributed by atoms with E-state index < -0.39 is 0 Å². The second-order valence-electron chi connectivity index (χ2n) is 6.51. The number of imidazole rings is 1. The van der Waals surface area contributed by atoms with E-state index in [1.165, 1.54) is 0 Å². The maximum absolute atomic E-state index is 9.85. The number of nitrogens with zero attached hydrogens (tertiary/aromatic N) is 3. The van der Waals surface area contributed by atoms with Gasteiger partial charge in [-0.2, -0.15) is 0 Å². The summed E-state index contributed by atoms with van der Waals surface area (Å²) in [5.74, 6) is 2.33. The fourth-order valence-electron chi connectivity index (χ4n) is 3.50. The van der Waals surface area contributed by atoms with Crippen molar-refractivity contribution < 1.29 is 19.3 Å². The first-order valence-electron chi connectivity index (χ1n) is 8.74. The Morgan fingerprint density at radius 1 is 1.27 bits per heavy atom. The average Bonchev–Trinajstić information content (AvgIpc) is 2.98. The molecule has 1 fully saturated rings. The summed E-state index contributed by atoms with van der Waals surface area (Å²) in [7, 11) is 5.23. The van der Waals surface area contributed by atoms with E-state index in [9.17, 15) is 5.11 Å². The molecule has 3 rings (SSSR count). The fourth-order valence-corrected chi connectivity index (χ4v) is 3.50. The molecule has 1 aliphatic rings. The van der Waals surface area contributed by atoms with E-state index in [0.717, 1.165) is 23.6 Å². The standard InChI is InChI=1S/C19H27N3O4/c1-13-20-15(10-21(13)2)11-22-7-8-26-18(12-23)19(22)14-5-6-16(24-3)17(9-14)25-4/h5-6,9-10,18-19,23H,7-8,11-12H2,1-4H3/t18-,19-/m0/s1. The zero-order chi connectivity index (χ0) is 18.7.